The highest BCUT2D eigenvalue weighted by Crippen LogP contribution is 2.31. The number of anilines is 1. The van der Waals surface area contributed by atoms with Crippen molar-refractivity contribution in [1.82, 2.24) is 24.8 Å². The van der Waals surface area contributed by atoms with Gasteiger partial charge in [0.05, 0.1) is 12.0 Å². The van der Waals surface area contributed by atoms with E-state index >= 15 is 0 Å². The number of amides is 2. The third-order valence-corrected chi connectivity index (χ3v) is 7.43. The van der Waals surface area contributed by atoms with E-state index < -0.39 is 0 Å². The minimum absolute atomic E-state index is 0.0246. The molecule has 2 amide bonds. The molecule has 0 bridgehead atoms. The Labute approximate surface area is 220 Å². The van der Waals surface area contributed by atoms with Crippen molar-refractivity contribution in [3.63, 3.8) is 0 Å². The van der Waals surface area contributed by atoms with Crippen LogP contribution in [0.3, 0.4) is 0 Å². The van der Waals surface area contributed by atoms with Crippen LogP contribution in [0.4, 0.5) is 5.82 Å². The smallest absolute Gasteiger partial charge is 0.227 e. The average Bonchev–Trinajstić information content (AvgIpc) is 3.33. The Bertz CT molecular complexity index is 1320. The van der Waals surface area contributed by atoms with Crippen LogP contribution in [0.1, 0.15) is 43.4 Å². The second-order valence-corrected chi connectivity index (χ2v) is 9.98. The lowest BCUT2D eigenvalue weighted by atomic mass is 9.97. The summed E-state index contributed by atoms with van der Waals surface area (Å²) in [6.07, 6.45) is 7.42. The predicted molar refractivity (Wildman–Crippen MR) is 142 cm³/mol. The molecule has 2 aromatic heterocycles. The van der Waals surface area contributed by atoms with Crippen molar-refractivity contribution >= 4 is 40.3 Å². The zero-order valence-electron chi connectivity index (χ0n) is 20.8. The second kappa shape index (κ2) is 10.9. The van der Waals surface area contributed by atoms with Crippen LogP contribution in [-0.4, -0.2) is 69.2 Å². The summed E-state index contributed by atoms with van der Waals surface area (Å²) < 4.78 is 1.83. The fourth-order valence-electron chi connectivity index (χ4n) is 4.97. The fraction of sp³-hybridized carbons (Fsp3) is 0.407. The molecule has 1 saturated heterocycles. The lowest BCUT2D eigenvalue weighted by Gasteiger charge is -2.39. The monoisotopic (exact) mass is 522 g/mol. The van der Waals surface area contributed by atoms with Gasteiger partial charge in [0.2, 0.25) is 11.8 Å². The maximum Gasteiger partial charge on any atom is 0.227 e. The Kier molecular flexibility index (Phi) is 7.43. The summed E-state index contributed by atoms with van der Waals surface area (Å²) in [7, 11) is 0. The number of halogens is 1. The first-order valence-electron chi connectivity index (χ1n) is 12.7. The third-order valence-electron chi connectivity index (χ3n) is 7.18. The van der Waals surface area contributed by atoms with Gasteiger partial charge in [-0.05, 0) is 47.7 Å². The molecule has 194 valence electrons. The molecular formula is C27H31ClN6O3. The summed E-state index contributed by atoms with van der Waals surface area (Å²) in [4.78, 5) is 33.5. The lowest BCUT2D eigenvalue weighted by molar-refractivity contribution is -0.130. The Hall–Kier alpha value is -3.43. The highest BCUT2D eigenvalue weighted by Gasteiger charge is 2.35. The Morgan fingerprint density at radius 3 is 2.70 bits per heavy atom. The molecule has 1 atom stereocenters. The first-order valence-corrected chi connectivity index (χ1v) is 13.1. The molecule has 5 rings (SSSR count). The van der Waals surface area contributed by atoms with Gasteiger partial charge in [-0.15, -0.1) is 0 Å². The maximum absolute atomic E-state index is 13.0. The number of nitrogens with zero attached hydrogens (tertiary/aromatic N) is 5. The molecule has 4 heterocycles. The van der Waals surface area contributed by atoms with Crippen LogP contribution < -0.4 is 10.2 Å². The van der Waals surface area contributed by atoms with Crippen LogP contribution in [0, 0.1) is 5.92 Å². The summed E-state index contributed by atoms with van der Waals surface area (Å²) >= 11 is 5.99. The van der Waals surface area contributed by atoms with Gasteiger partial charge < -0.3 is 20.2 Å². The maximum atomic E-state index is 13.0. The molecule has 1 fully saturated rings. The van der Waals surface area contributed by atoms with Crippen LogP contribution >= 0.6 is 11.6 Å². The van der Waals surface area contributed by atoms with Gasteiger partial charge in [0.25, 0.3) is 0 Å². The third kappa shape index (κ3) is 5.33. The highest BCUT2D eigenvalue weighted by atomic mass is 35.5. The summed E-state index contributed by atoms with van der Waals surface area (Å²) in [5, 5.41) is 17.6. The molecule has 0 saturated carbocycles. The number of aliphatic hydroxyl groups excluding tert-OH is 1. The zero-order valence-corrected chi connectivity index (χ0v) is 21.6. The van der Waals surface area contributed by atoms with Crippen molar-refractivity contribution < 1.29 is 14.7 Å². The zero-order chi connectivity index (χ0) is 25.9. The normalized spacial score (nSPS) is 16.9. The van der Waals surface area contributed by atoms with E-state index in [0.29, 0.717) is 37.5 Å². The number of hydrogen-bond acceptors (Lipinski definition) is 6. The van der Waals surface area contributed by atoms with Gasteiger partial charge in [0.1, 0.15) is 11.8 Å². The molecule has 1 aromatic carbocycles. The molecule has 2 aliphatic rings. The number of carbonyl (C=O) groups excluding carboxylic acids is 2. The molecule has 3 aromatic rings. The molecule has 9 nitrogen and oxygen atoms in total. The van der Waals surface area contributed by atoms with Gasteiger partial charge >= 0.3 is 0 Å². The van der Waals surface area contributed by atoms with Gasteiger partial charge in [-0.2, -0.15) is 5.10 Å². The van der Waals surface area contributed by atoms with Gasteiger partial charge in [-0.3, -0.25) is 9.59 Å². The van der Waals surface area contributed by atoms with E-state index in [0.717, 1.165) is 35.4 Å². The molecule has 0 unspecified atom stereocenters. The minimum Gasteiger partial charge on any atom is -0.396 e. The van der Waals surface area contributed by atoms with Crippen LogP contribution in [-0.2, 0) is 9.59 Å². The Morgan fingerprint density at radius 2 is 2.03 bits per heavy atom. The van der Waals surface area contributed by atoms with E-state index in [1.54, 1.807) is 12.1 Å². The quantitative estimate of drug-likeness (QED) is 0.471. The fourth-order valence-corrected chi connectivity index (χ4v) is 5.10. The number of aromatic nitrogens is 3. The summed E-state index contributed by atoms with van der Waals surface area (Å²) in [6, 6.07) is 9.14. The summed E-state index contributed by atoms with van der Waals surface area (Å²) in [5.74, 6) is 0.775. The summed E-state index contributed by atoms with van der Waals surface area (Å²) in [6.45, 7) is 4.33. The molecule has 37 heavy (non-hydrogen) atoms. The Balaban J connectivity index is 1.25. The number of fused-ring (bicyclic) bond motifs is 1. The number of aliphatic hydroxyl groups is 1. The van der Waals surface area contributed by atoms with Crippen LogP contribution in [0.15, 0.2) is 48.9 Å². The van der Waals surface area contributed by atoms with E-state index in [1.165, 1.54) is 11.9 Å². The number of carbonyl (C=O) groups is 2. The lowest BCUT2D eigenvalue weighted by Crippen LogP contribution is -2.54. The van der Waals surface area contributed by atoms with E-state index in [4.69, 9.17) is 11.6 Å². The first-order chi connectivity index (χ1) is 18.0. The predicted octanol–water partition coefficient (Wildman–Crippen LogP) is 3.08. The van der Waals surface area contributed by atoms with E-state index in [9.17, 15) is 14.7 Å². The molecule has 2 aliphatic heterocycles. The standard InChI is InChI=1S/C27H31ClN6O3/c1-2-25(36)32-10-7-18(8-11-32)20-13-24-26(29-17-30-34(24)16-20)33-14-21(15-33)27(37)31-23(9-12-35)19-3-5-22(28)6-4-19/h3-7,13,16-17,21,23,35H,2,8-12,14-15H2,1H3,(H,31,37)/t23-/m0/s1. The van der Waals surface area contributed by atoms with Gasteiger partial charge in [-0.25, -0.2) is 9.50 Å². The topological polar surface area (TPSA) is 103 Å². The second-order valence-electron chi connectivity index (χ2n) is 9.54. The van der Waals surface area contributed by atoms with E-state index in [-0.39, 0.29) is 30.4 Å². The number of benzene rings is 1. The van der Waals surface area contributed by atoms with Gasteiger partial charge in [0.15, 0.2) is 5.82 Å². The molecule has 10 heteroatoms. The first kappa shape index (κ1) is 25.2. The van der Waals surface area contributed by atoms with Gasteiger partial charge in [0, 0.05) is 50.4 Å². The Morgan fingerprint density at radius 1 is 1.24 bits per heavy atom. The van der Waals surface area contributed by atoms with E-state index in [1.807, 2.05) is 34.7 Å². The van der Waals surface area contributed by atoms with Crippen molar-refractivity contribution in [2.24, 2.45) is 5.92 Å². The van der Waals surface area contributed by atoms with Crippen LogP contribution in [0.25, 0.3) is 11.1 Å². The van der Waals surface area contributed by atoms with Crippen molar-refractivity contribution in [3.8, 4) is 0 Å². The van der Waals surface area contributed by atoms with Crippen LogP contribution in [0.5, 0.6) is 0 Å². The van der Waals surface area contributed by atoms with Crippen LogP contribution in [0.2, 0.25) is 5.02 Å². The van der Waals surface area contributed by atoms with Crippen molar-refractivity contribution in [3.05, 3.63) is 65.1 Å². The minimum atomic E-state index is -0.268. The van der Waals surface area contributed by atoms with Crippen molar-refractivity contribution in [1.29, 1.82) is 0 Å². The summed E-state index contributed by atoms with van der Waals surface area (Å²) in [5.41, 5.74) is 4.09. The van der Waals surface area contributed by atoms with Crippen molar-refractivity contribution in [2.45, 2.75) is 32.2 Å². The van der Waals surface area contributed by atoms with Gasteiger partial charge in [-0.1, -0.05) is 36.7 Å². The van der Waals surface area contributed by atoms with E-state index in [2.05, 4.69) is 32.4 Å². The largest absolute Gasteiger partial charge is 0.396 e. The molecule has 0 spiro atoms. The molecule has 0 radical (unpaired) electrons. The highest BCUT2D eigenvalue weighted by molar-refractivity contribution is 6.30. The number of hydrogen-bond donors (Lipinski definition) is 2. The number of nitrogens with one attached hydrogen (secondary N) is 1. The SMILES string of the molecule is CCC(=O)N1CC=C(c2cc3c(N4CC(C(=O)N[C@@H](CCO)c5ccc(Cl)cc5)C4)ncnn3c2)CC1. The number of rotatable bonds is 8. The average molecular weight is 523 g/mol. The molecular weight excluding hydrogens is 492 g/mol. The van der Waals surface area contributed by atoms with Crippen molar-refractivity contribution in [2.75, 3.05) is 37.7 Å². The molecule has 0 aliphatic carbocycles. The molecule has 2 N–H and O–H groups in total.